The summed E-state index contributed by atoms with van der Waals surface area (Å²) < 4.78 is 0. The van der Waals surface area contributed by atoms with Crippen molar-refractivity contribution in [1.29, 1.82) is 0 Å². The fourth-order valence-corrected chi connectivity index (χ4v) is 2.35. The number of aliphatic hydroxyl groups is 1. The third kappa shape index (κ3) is 6.63. The summed E-state index contributed by atoms with van der Waals surface area (Å²) in [6.45, 7) is 3.28. The predicted octanol–water partition coefficient (Wildman–Crippen LogP) is 2.00. The Bertz CT molecular complexity index is 362. The number of thioether (sulfide) groups is 1. The standard InChI is InChI=1S/C13H24N4OS/c1-3-5-11-16-12(14-2)10-13(17-11)15-6-9-19-8-4-7-18/h10,18H,3-9H2,1-2H3,(H2,14,15,16,17). The lowest BCUT2D eigenvalue weighted by molar-refractivity contribution is 0.296. The first kappa shape index (κ1) is 16.0. The molecule has 0 aliphatic rings. The second-order valence-corrected chi connectivity index (χ2v) is 5.40. The lowest BCUT2D eigenvalue weighted by atomic mass is 10.3. The molecular formula is C13H24N4OS. The molecule has 5 nitrogen and oxygen atoms in total. The Labute approximate surface area is 119 Å². The van der Waals surface area contributed by atoms with E-state index in [4.69, 9.17) is 5.11 Å². The van der Waals surface area contributed by atoms with Crippen LogP contribution in [0.1, 0.15) is 25.6 Å². The highest BCUT2D eigenvalue weighted by molar-refractivity contribution is 7.99. The molecule has 1 heterocycles. The van der Waals surface area contributed by atoms with Gasteiger partial charge in [0.25, 0.3) is 0 Å². The molecule has 0 aliphatic carbocycles. The van der Waals surface area contributed by atoms with Crippen LogP contribution in [0.15, 0.2) is 6.07 Å². The topological polar surface area (TPSA) is 70.1 Å². The van der Waals surface area contributed by atoms with Gasteiger partial charge in [0.05, 0.1) is 0 Å². The second-order valence-electron chi connectivity index (χ2n) is 4.17. The Hall–Kier alpha value is -1.01. The Kier molecular flexibility index (Phi) is 8.33. The number of hydrogen-bond acceptors (Lipinski definition) is 6. The first-order valence-electron chi connectivity index (χ1n) is 6.78. The van der Waals surface area contributed by atoms with Crippen LogP contribution in [0.2, 0.25) is 0 Å². The van der Waals surface area contributed by atoms with Crippen LogP contribution < -0.4 is 10.6 Å². The molecule has 108 valence electrons. The van der Waals surface area contributed by atoms with Crippen molar-refractivity contribution in [3.8, 4) is 0 Å². The molecule has 0 bridgehead atoms. The van der Waals surface area contributed by atoms with Crippen LogP contribution in [-0.2, 0) is 6.42 Å². The van der Waals surface area contributed by atoms with Gasteiger partial charge in [-0.1, -0.05) is 6.92 Å². The van der Waals surface area contributed by atoms with E-state index in [0.717, 1.165) is 54.8 Å². The van der Waals surface area contributed by atoms with Gasteiger partial charge in [0, 0.05) is 38.4 Å². The SMILES string of the molecule is CCCc1nc(NC)cc(NCCSCCCO)n1. The summed E-state index contributed by atoms with van der Waals surface area (Å²) in [6, 6.07) is 1.93. The van der Waals surface area contributed by atoms with Gasteiger partial charge in [0.15, 0.2) is 0 Å². The molecular weight excluding hydrogens is 260 g/mol. The maximum atomic E-state index is 8.69. The van der Waals surface area contributed by atoms with Crippen molar-refractivity contribution >= 4 is 23.4 Å². The molecule has 0 aromatic carbocycles. The minimum absolute atomic E-state index is 0.276. The van der Waals surface area contributed by atoms with E-state index >= 15 is 0 Å². The second kappa shape index (κ2) is 9.86. The average Bonchev–Trinajstić information content (AvgIpc) is 2.43. The molecule has 0 amide bonds. The van der Waals surface area contributed by atoms with Gasteiger partial charge in [0.2, 0.25) is 0 Å². The molecule has 1 rings (SSSR count). The van der Waals surface area contributed by atoms with E-state index in [9.17, 15) is 0 Å². The Morgan fingerprint density at radius 3 is 2.74 bits per heavy atom. The van der Waals surface area contributed by atoms with Gasteiger partial charge in [-0.3, -0.25) is 0 Å². The molecule has 0 radical (unpaired) electrons. The van der Waals surface area contributed by atoms with Crippen LogP contribution in [0.3, 0.4) is 0 Å². The Morgan fingerprint density at radius 2 is 2.05 bits per heavy atom. The minimum atomic E-state index is 0.276. The third-order valence-corrected chi connectivity index (χ3v) is 3.57. The number of rotatable bonds is 10. The normalized spacial score (nSPS) is 10.5. The van der Waals surface area contributed by atoms with Crippen LogP contribution in [0.25, 0.3) is 0 Å². The van der Waals surface area contributed by atoms with Crippen molar-refractivity contribution < 1.29 is 5.11 Å². The van der Waals surface area contributed by atoms with E-state index in [0.29, 0.717) is 0 Å². The zero-order valence-electron chi connectivity index (χ0n) is 11.8. The quantitative estimate of drug-likeness (QED) is 0.571. The van der Waals surface area contributed by atoms with Crippen LogP contribution in [0, 0.1) is 0 Å². The van der Waals surface area contributed by atoms with Gasteiger partial charge in [-0.15, -0.1) is 0 Å². The fraction of sp³-hybridized carbons (Fsp3) is 0.692. The Balaban J connectivity index is 2.41. The molecule has 3 N–H and O–H groups in total. The molecule has 0 atom stereocenters. The van der Waals surface area contributed by atoms with Crippen LogP contribution in [0.5, 0.6) is 0 Å². The molecule has 0 spiro atoms. The van der Waals surface area contributed by atoms with E-state index in [1.54, 1.807) is 0 Å². The highest BCUT2D eigenvalue weighted by Gasteiger charge is 2.02. The molecule has 0 aliphatic heterocycles. The van der Waals surface area contributed by atoms with Crippen LogP contribution in [0.4, 0.5) is 11.6 Å². The van der Waals surface area contributed by atoms with Gasteiger partial charge in [-0.25, -0.2) is 9.97 Å². The largest absolute Gasteiger partial charge is 0.396 e. The summed E-state index contributed by atoms with van der Waals surface area (Å²) in [5.41, 5.74) is 0. The van der Waals surface area contributed by atoms with Crippen molar-refractivity contribution in [3.05, 3.63) is 11.9 Å². The van der Waals surface area contributed by atoms with Crippen molar-refractivity contribution in [2.45, 2.75) is 26.2 Å². The van der Waals surface area contributed by atoms with Gasteiger partial charge >= 0.3 is 0 Å². The summed E-state index contributed by atoms with van der Waals surface area (Å²) in [7, 11) is 1.87. The van der Waals surface area contributed by atoms with Crippen molar-refractivity contribution in [2.75, 3.05) is 42.3 Å². The van der Waals surface area contributed by atoms with Crippen molar-refractivity contribution in [1.82, 2.24) is 9.97 Å². The predicted molar refractivity (Wildman–Crippen MR) is 83.1 cm³/mol. The van der Waals surface area contributed by atoms with E-state index < -0.39 is 0 Å². The summed E-state index contributed by atoms with van der Waals surface area (Å²) in [4.78, 5) is 8.91. The zero-order valence-corrected chi connectivity index (χ0v) is 12.6. The minimum Gasteiger partial charge on any atom is -0.396 e. The number of aromatic nitrogens is 2. The number of anilines is 2. The molecule has 1 aromatic rings. The Morgan fingerprint density at radius 1 is 1.26 bits per heavy atom. The summed E-state index contributed by atoms with van der Waals surface area (Å²) in [5, 5.41) is 15.1. The smallest absolute Gasteiger partial charge is 0.133 e. The molecule has 1 aromatic heterocycles. The first-order chi connectivity index (χ1) is 9.30. The number of aliphatic hydroxyl groups excluding tert-OH is 1. The summed E-state index contributed by atoms with van der Waals surface area (Å²) >= 11 is 1.84. The van der Waals surface area contributed by atoms with Crippen molar-refractivity contribution in [2.24, 2.45) is 0 Å². The molecule has 6 heteroatoms. The maximum absolute atomic E-state index is 8.69. The van der Waals surface area contributed by atoms with Crippen molar-refractivity contribution in [3.63, 3.8) is 0 Å². The molecule has 0 fully saturated rings. The monoisotopic (exact) mass is 284 g/mol. The summed E-state index contributed by atoms with van der Waals surface area (Å²) in [5.74, 6) is 4.64. The molecule has 0 unspecified atom stereocenters. The van der Waals surface area contributed by atoms with Gasteiger partial charge in [0.1, 0.15) is 17.5 Å². The van der Waals surface area contributed by atoms with E-state index in [1.165, 1.54) is 0 Å². The molecule has 0 saturated carbocycles. The van der Waals surface area contributed by atoms with E-state index in [1.807, 2.05) is 24.9 Å². The maximum Gasteiger partial charge on any atom is 0.133 e. The average molecular weight is 284 g/mol. The lowest BCUT2D eigenvalue weighted by Gasteiger charge is -2.09. The molecule has 19 heavy (non-hydrogen) atoms. The number of hydrogen-bond donors (Lipinski definition) is 3. The summed E-state index contributed by atoms with van der Waals surface area (Å²) in [6.07, 6.45) is 2.81. The van der Waals surface area contributed by atoms with Crippen LogP contribution >= 0.6 is 11.8 Å². The highest BCUT2D eigenvalue weighted by atomic mass is 32.2. The van der Waals surface area contributed by atoms with Gasteiger partial charge in [-0.2, -0.15) is 11.8 Å². The third-order valence-electron chi connectivity index (χ3n) is 2.50. The van der Waals surface area contributed by atoms with Gasteiger partial charge in [-0.05, 0) is 18.6 Å². The first-order valence-corrected chi connectivity index (χ1v) is 7.93. The van der Waals surface area contributed by atoms with Crippen LogP contribution in [-0.4, -0.2) is 46.8 Å². The van der Waals surface area contributed by atoms with E-state index in [-0.39, 0.29) is 6.61 Å². The molecule has 0 saturated heterocycles. The zero-order chi connectivity index (χ0) is 13.9. The number of nitrogens with one attached hydrogen (secondary N) is 2. The lowest BCUT2D eigenvalue weighted by Crippen LogP contribution is -2.09. The number of aryl methyl sites for hydroxylation is 1. The van der Waals surface area contributed by atoms with Gasteiger partial charge < -0.3 is 15.7 Å². The highest BCUT2D eigenvalue weighted by Crippen LogP contribution is 2.12. The fourth-order valence-electron chi connectivity index (χ4n) is 1.57. The number of nitrogens with zero attached hydrogens (tertiary/aromatic N) is 2. The van der Waals surface area contributed by atoms with E-state index in [2.05, 4.69) is 27.5 Å².